The maximum atomic E-state index is 12.2. The number of rotatable bonds is 5. The van der Waals surface area contributed by atoms with Gasteiger partial charge in [-0.3, -0.25) is 0 Å². The van der Waals surface area contributed by atoms with Crippen LogP contribution in [-0.4, -0.2) is 31.9 Å². The number of nitrogens with two attached hydrogens (primary N) is 1. The van der Waals surface area contributed by atoms with Crippen molar-refractivity contribution in [2.24, 2.45) is 10.2 Å². The van der Waals surface area contributed by atoms with Gasteiger partial charge in [0, 0.05) is 5.39 Å². The van der Waals surface area contributed by atoms with Crippen molar-refractivity contribution in [1.82, 2.24) is 0 Å². The minimum Gasteiger partial charge on any atom is -0.872 e. The van der Waals surface area contributed by atoms with Crippen molar-refractivity contribution >= 4 is 54.0 Å². The van der Waals surface area contributed by atoms with E-state index in [0.29, 0.717) is 18.2 Å². The summed E-state index contributed by atoms with van der Waals surface area (Å²) >= 11 is 0. The summed E-state index contributed by atoms with van der Waals surface area (Å²) in [6.07, 6.45) is 0. The Morgan fingerprint density at radius 3 is 1.76 bits per heavy atom. The predicted molar refractivity (Wildman–Crippen MR) is 98.1 cm³/mol. The number of fused-ring (bicyclic) bond motifs is 1. The Morgan fingerprint density at radius 1 is 0.757 bits per heavy atom. The molecule has 0 amide bonds. The van der Waals surface area contributed by atoms with Crippen LogP contribution in [0.25, 0.3) is 10.8 Å². The van der Waals surface area contributed by atoms with Crippen LogP contribution in [0.15, 0.2) is 56.4 Å². The topological polar surface area (TPSA) is 251 Å². The zero-order valence-electron chi connectivity index (χ0n) is 20.3. The van der Waals surface area contributed by atoms with Gasteiger partial charge in [0.15, 0.2) is 0 Å². The second-order valence-electron chi connectivity index (χ2n) is 6.23. The number of nitrogen functional groups attached to an aromatic ring is 1. The Labute approximate surface area is 321 Å². The minimum atomic E-state index is -5.20. The Bertz CT molecular complexity index is 1550. The molecule has 2 N–H and O–H groups in total. The van der Waals surface area contributed by atoms with Crippen molar-refractivity contribution in [2.45, 2.75) is 9.79 Å². The molecule has 37 heavy (non-hydrogen) atoms. The summed E-state index contributed by atoms with van der Waals surface area (Å²) in [4.78, 5) is 9.12. The number of anilines is 1. The first-order valence-corrected chi connectivity index (χ1v) is 10.9. The molecular weight excluding hydrogens is 585 g/mol. The number of carboxylic acids is 1. The van der Waals surface area contributed by atoms with E-state index < -0.39 is 58.7 Å². The van der Waals surface area contributed by atoms with Crippen LogP contribution < -0.4 is 169 Å². The molecule has 168 valence electrons. The van der Waals surface area contributed by atoms with Crippen molar-refractivity contribution in [3.63, 3.8) is 0 Å². The van der Waals surface area contributed by atoms with Gasteiger partial charge in [0.05, 0.1) is 27.1 Å². The van der Waals surface area contributed by atoms with E-state index in [-0.39, 0.29) is 170 Å². The molecule has 0 saturated heterocycles. The number of hydrogen-bond acceptors (Lipinski definition) is 13. The number of carbonyl (C=O) groups excluding carboxylic acids is 1. The second-order valence-corrected chi connectivity index (χ2v) is 8.99. The summed E-state index contributed by atoms with van der Waals surface area (Å²) in [6.45, 7) is 0. The molecule has 0 atom stereocenters. The average molecular weight is 593 g/mol. The molecule has 3 rings (SSSR count). The SMILES string of the molecule is Nc1ccc2c([O-])cc(S(=O)(=O)[O-])cc2c1N=Nc1cc(S(=O)(=O)[O-])cc(C(=O)[O-])c1[O-].[Na+].[Na+].[Na+].[Na+].[Na+]. The third-order valence-corrected chi connectivity index (χ3v) is 5.80. The number of azo groups is 1. The van der Waals surface area contributed by atoms with Gasteiger partial charge in [-0.25, -0.2) is 16.8 Å². The molecule has 3 aromatic carbocycles. The predicted octanol–water partition coefficient (Wildman–Crippen LogP) is -15.8. The summed E-state index contributed by atoms with van der Waals surface area (Å²) in [5.41, 5.74) is 3.12. The number of carbonyl (C=O) groups is 1. The van der Waals surface area contributed by atoms with Gasteiger partial charge in [-0.2, -0.15) is 5.11 Å². The van der Waals surface area contributed by atoms with Crippen LogP contribution in [0.2, 0.25) is 0 Å². The standard InChI is InChI=1S/C17H13N3O10S2.5Na/c18-12-2-1-9-10(3-8(6-14(9)21)32(28,29)30)15(12)20-19-13-5-7(31(25,26)27)4-11(16(13)22)17(23)24;;;;;/h1-6,21-22H,18H2,(H,23,24)(H,25,26,27)(H,28,29,30);;;;;/q;5*+1/p-5. The average Bonchev–Trinajstić information content (AvgIpc) is 2.66. The van der Waals surface area contributed by atoms with Gasteiger partial charge in [-0.15, -0.1) is 5.11 Å². The second kappa shape index (κ2) is 16.6. The zero-order chi connectivity index (χ0) is 24.0. The molecule has 13 nitrogen and oxygen atoms in total. The summed E-state index contributed by atoms with van der Waals surface area (Å²) in [6, 6.07) is 4.56. The van der Waals surface area contributed by atoms with Crippen molar-refractivity contribution in [3.8, 4) is 11.5 Å². The molecule has 0 bridgehead atoms. The van der Waals surface area contributed by atoms with Crippen LogP contribution in [0.3, 0.4) is 0 Å². The molecule has 0 aliphatic rings. The smallest absolute Gasteiger partial charge is 0.872 e. The van der Waals surface area contributed by atoms with E-state index in [0.717, 1.165) is 6.07 Å². The summed E-state index contributed by atoms with van der Waals surface area (Å²) in [5, 5.41) is 42.2. The van der Waals surface area contributed by atoms with E-state index in [9.17, 15) is 46.1 Å². The van der Waals surface area contributed by atoms with E-state index in [1.54, 1.807) is 0 Å². The Hall–Kier alpha value is 1.21. The van der Waals surface area contributed by atoms with E-state index in [2.05, 4.69) is 10.2 Å². The van der Waals surface area contributed by atoms with Gasteiger partial charge in [0.1, 0.15) is 25.9 Å². The monoisotopic (exact) mass is 593 g/mol. The number of aromatic carboxylic acids is 1. The fraction of sp³-hybridized carbons (Fsp3) is 0. The summed E-state index contributed by atoms with van der Waals surface area (Å²) in [7, 11) is -10.2. The number of nitrogens with zero attached hydrogens (tertiary/aromatic N) is 2. The fourth-order valence-electron chi connectivity index (χ4n) is 2.69. The van der Waals surface area contributed by atoms with Gasteiger partial charge in [-0.05, 0) is 35.2 Å². The molecule has 0 unspecified atom stereocenters. The molecule has 0 fully saturated rings. The summed E-state index contributed by atoms with van der Waals surface area (Å²) in [5.74, 6) is -4.29. The number of hydrogen-bond donors (Lipinski definition) is 1. The van der Waals surface area contributed by atoms with Crippen LogP contribution in [0.4, 0.5) is 17.1 Å². The van der Waals surface area contributed by atoms with E-state index in [4.69, 9.17) is 5.73 Å². The largest absolute Gasteiger partial charge is 1.00 e. The van der Waals surface area contributed by atoms with E-state index in [1.807, 2.05) is 0 Å². The fourth-order valence-corrected chi connectivity index (χ4v) is 3.73. The van der Waals surface area contributed by atoms with Crippen molar-refractivity contribution in [2.75, 3.05) is 5.73 Å². The van der Waals surface area contributed by atoms with E-state index >= 15 is 0 Å². The van der Waals surface area contributed by atoms with Crippen LogP contribution in [0.5, 0.6) is 11.5 Å². The number of benzene rings is 3. The van der Waals surface area contributed by atoms with Crippen molar-refractivity contribution in [1.29, 1.82) is 0 Å². The van der Waals surface area contributed by atoms with Gasteiger partial charge in [0.25, 0.3) is 0 Å². The molecular formula is C17H8N3Na5O10S2. The first-order valence-electron chi connectivity index (χ1n) is 8.13. The molecule has 0 heterocycles. The molecule has 20 heteroatoms. The van der Waals surface area contributed by atoms with Crippen molar-refractivity contribution in [3.05, 3.63) is 42.0 Å². The third-order valence-electron chi connectivity index (χ3n) is 4.17. The van der Waals surface area contributed by atoms with Gasteiger partial charge in [-0.1, -0.05) is 23.6 Å². The number of carboxylic acid groups (broad SMARTS) is 1. The zero-order valence-corrected chi connectivity index (χ0v) is 32.0. The Morgan fingerprint density at radius 2 is 1.27 bits per heavy atom. The molecule has 0 aliphatic carbocycles. The molecule has 0 aliphatic heterocycles. The van der Waals surface area contributed by atoms with Crippen molar-refractivity contribution < 1.29 is 194 Å². The Kier molecular flexibility index (Phi) is 19.1. The maximum absolute atomic E-state index is 12.2. The van der Waals surface area contributed by atoms with Gasteiger partial charge >= 0.3 is 148 Å². The molecule has 3 aromatic rings. The molecule has 0 spiro atoms. The van der Waals surface area contributed by atoms with Crippen LogP contribution in [0.1, 0.15) is 10.4 Å². The van der Waals surface area contributed by atoms with Crippen LogP contribution in [0, 0.1) is 0 Å². The first kappa shape index (κ1) is 42.7. The van der Waals surface area contributed by atoms with Crippen LogP contribution in [-0.2, 0) is 20.2 Å². The normalized spacial score (nSPS) is 10.8. The van der Waals surface area contributed by atoms with Gasteiger partial charge < -0.3 is 35.0 Å². The van der Waals surface area contributed by atoms with E-state index in [1.165, 1.54) is 12.1 Å². The first-order chi connectivity index (χ1) is 14.7. The quantitative estimate of drug-likeness (QED) is 0.126. The molecule has 0 saturated carbocycles. The molecule has 0 aromatic heterocycles. The third kappa shape index (κ3) is 10.2. The van der Waals surface area contributed by atoms with Crippen LogP contribution >= 0.6 is 0 Å². The molecule has 0 radical (unpaired) electrons. The maximum Gasteiger partial charge on any atom is 1.00 e. The minimum absolute atomic E-state index is 0. The Balaban J connectivity index is -0.00000231. The summed E-state index contributed by atoms with van der Waals surface area (Å²) < 4.78 is 67.7. The van der Waals surface area contributed by atoms with Gasteiger partial charge in [0.2, 0.25) is 0 Å².